The average Bonchev–Trinajstić information content (AvgIpc) is 2.55. The molecule has 0 saturated carbocycles. The Morgan fingerprint density at radius 2 is 1.86 bits per heavy atom. The maximum atomic E-state index is 6.05. The molecular weight excluding hydrogens is 266 g/mol. The Kier molecular flexibility index (Phi) is 5.72. The number of aliphatic imine (C=N–C) groups is 1. The summed E-state index contributed by atoms with van der Waals surface area (Å²) in [7, 11) is 3.29. The Hall–Kier alpha value is -1.91. The third-order valence-corrected chi connectivity index (χ3v) is 3.80. The Bertz CT molecular complexity index is 482. The fraction of sp³-hybridized carbons (Fsp3) is 0.562. The molecule has 1 aliphatic rings. The number of ether oxygens (including phenoxy) is 2. The van der Waals surface area contributed by atoms with Crippen molar-refractivity contribution in [1.82, 2.24) is 4.90 Å². The van der Waals surface area contributed by atoms with Crippen molar-refractivity contribution in [2.24, 2.45) is 10.7 Å². The van der Waals surface area contributed by atoms with Crippen molar-refractivity contribution in [1.29, 1.82) is 0 Å². The zero-order valence-electron chi connectivity index (χ0n) is 13.0. The van der Waals surface area contributed by atoms with Crippen LogP contribution >= 0.6 is 0 Å². The molecule has 1 fully saturated rings. The van der Waals surface area contributed by atoms with E-state index in [9.17, 15) is 0 Å². The van der Waals surface area contributed by atoms with E-state index in [0.29, 0.717) is 12.5 Å². The Morgan fingerprint density at radius 1 is 1.14 bits per heavy atom. The molecule has 0 unspecified atom stereocenters. The van der Waals surface area contributed by atoms with Gasteiger partial charge in [0.05, 0.1) is 14.2 Å². The SMILES string of the molecule is COc1ccc(CCN=C(N)N2CCCCC2)cc1OC. The summed E-state index contributed by atoms with van der Waals surface area (Å²) in [5.41, 5.74) is 7.21. The smallest absolute Gasteiger partial charge is 0.191 e. The minimum Gasteiger partial charge on any atom is -0.493 e. The lowest BCUT2D eigenvalue weighted by atomic mass is 10.1. The van der Waals surface area contributed by atoms with Gasteiger partial charge >= 0.3 is 0 Å². The van der Waals surface area contributed by atoms with Crippen LogP contribution in [0.15, 0.2) is 23.2 Å². The lowest BCUT2D eigenvalue weighted by Crippen LogP contribution is -2.41. The summed E-state index contributed by atoms with van der Waals surface area (Å²) in [6, 6.07) is 5.95. The Balaban J connectivity index is 1.90. The second kappa shape index (κ2) is 7.76. The highest BCUT2D eigenvalue weighted by atomic mass is 16.5. The molecule has 5 heteroatoms. The summed E-state index contributed by atoms with van der Waals surface area (Å²) in [4.78, 5) is 6.67. The van der Waals surface area contributed by atoms with E-state index in [4.69, 9.17) is 15.2 Å². The zero-order chi connectivity index (χ0) is 15.1. The van der Waals surface area contributed by atoms with Crippen LogP contribution in [0.25, 0.3) is 0 Å². The molecule has 5 nitrogen and oxygen atoms in total. The normalized spacial score (nSPS) is 15.9. The number of hydrogen-bond donors (Lipinski definition) is 1. The number of hydrogen-bond acceptors (Lipinski definition) is 3. The lowest BCUT2D eigenvalue weighted by Gasteiger charge is -2.27. The van der Waals surface area contributed by atoms with Crippen molar-refractivity contribution < 1.29 is 9.47 Å². The number of benzene rings is 1. The molecule has 0 atom stereocenters. The molecule has 0 bridgehead atoms. The van der Waals surface area contributed by atoms with Crippen molar-refractivity contribution in [2.45, 2.75) is 25.7 Å². The molecular formula is C16H25N3O2. The van der Waals surface area contributed by atoms with Crippen LogP contribution in [0, 0.1) is 0 Å². The van der Waals surface area contributed by atoms with E-state index >= 15 is 0 Å². The van der Waals surface area contributed by atoms with E-state index in [1.54, 1.807) is 14.2 Å². The van der Waals surface area contributed by atoms with E-state index in [1.807, 2.05) is 18.2 Å². The highest BCUT2D eigenvalue weighted by molar-refractivity contribution is 5.78. The van der Waals surface area contributed by atoms with Crippen molar-refractivity contribution in [3.05, 3.63) is 23.8 Å². The Morgan fingerprint density at radius 3 is 2.52 bits per heavy atom. The number of nitrogens with zero attached hydrogens (tertiary/aromatic N) is 2. The van der Waals surface area contributed by atoms with Gasteiger partial charge in [-0.2, -0.15) is 0 Å². The van der Waals surface area contributed by atoms with Crippen LogP contribution in [-0.2, 0) is 6.42 Å². The van der Waals surface area contributed by atoms with Gasteiger partial charge < -0.3 is 20.1 Å². The van der Waals surface area contributed by atoms with Crippen LogP contribution in [0.4, 0.5) is 0 Å². The van der Waals surface area contributed by atoms with E-state index in [-0.39, 0.29) is 0 Å². The van der Waals surface area contributed by atoms with Gasteiger partial charge in [0.15, 0.2) is 17.5 Å². The van der Waals surface area contributed by atoms with Crippen molar-refractivity contribution in [2.75, 3.05) is 33.9 Å². The molecule has 1 aliphatic heterocycles. The monoisotopic (exact) mass is 291 g/mol. The fourth-order valence-electron chi connectivity index (χ4n) is 2.56. The van der Waals surface area contributed by atoms with Gasteiger partial charge in [0.1, 0.15) is 0 Å². The number of nitrogens with two attached hydrogens (primary N) is 1. The van der Waals surface area contributed by atoms with Gasteiger partial charge in [-0.3, -0.25) is 4.99 Å². The topological polar surface area (TPSA) is 60.1 Å². The summed E-state index contributed by atoms with van der Waals surface area (Å²) in [5, 5.41) is 0. The van der Waals surface area contributed by atoms with Gasteiger partial charge in [-0.25, -0.2) is 0 Å². The van der Waals surface area contributed by atoms with E-state index in [2.05, 4.69) is 9.89 Å². The van der Waals surface area contributed by atoms with Crippen LogP contribution in [0.2, 0.25) is 0 Å². The quantitative estimate of drug-likeness (QED) is 0.666. The van der Waals surface area contributed by atoms with Gasteiger partial charge in [-0.1, -0.05) is 6.07 Å². The average molecular weight is 291 g/mol. The molecule has 1 aromatic rings. The molecule has 116 valence electrons. The molecule has 0 radical (unpaired) electrons. The largest absolute Gasteiger partial charge is 0.493 e. The van der Waals surface area contributed by atoms with Gasteiger partial charge in [-0.15, -0.1) is 0 Å². The molecule has 2 N–H and O–H groups in total. The second-order valence-corrected chi connectivity index (χ2v) is 5.23. The Labute approximate surface area is 126 Å². The maximum Gasteiger partial charge on any atom is 0.191 e. The highest BCUT2D eigenvalue weighted by Crippen LogP contribution is 2.27. The molecule has 1 saturated heterocycles. The molecule has 21 heavy (non-hydrogen) atoms. The molecule has 1 aromatic carbocycles. The van der Waals surface area contributed by atoms with Gasteiger partial charge in [0.2, 0.25) is 0 Å². The van der Waals surface area contributed by atoms with Crippen LogP contribution in [-0.4, -0.2) is 44.7 Å². The van der Waals surface area contributed by atoms with Crippen LogP contribution in [0.3, 0.4) is 0 Å². The minimum absolute atomic E-state index is 0.676. The molecule has 2 rings (SSSR count). The van der Waals surface area contributed by atoms with Crippen LogP contribution in [0.1, 0.15) is 24.8 Å². The van der Waals surface area contributed by atoms with Crippen LogP contribution < -0.4 is 15.2 Å². The summed E-state index contributed by atoms with van der Waals surface area (Å²) < 4.78 is 10.5. The summed E-state index contributed by atoms with van der Waals surface area (Å²) >= 11 is 0. The number of likely N-dealkylation sites (tertiary alicyclic amines) is 1. The van der Waals surface area contributed by atoms with E-state index in [0.717, 1.165) is 31.0 Å². The predicted molar refractivity (Wildman–Crippen MR) is 85.2 cm³/mol. The fourth-order valence-corrected chi connectivity index (χ4v) is 2.56. The summed E-state index contributed by atoms with van der Waals surface area (Å²) in [6.07, 6.45) is 4.57. The minimum atomic E-state index is 0.676. The van der Waals surface area contributed by atoms with E-state index < -0.39 is 0 Å². The second-order valence-electron chi connectivity index (χ2n) is 5.23. The number of rotatable bonds is 5. The first kappa shape index (κ1) is 15.5. The standard InChI is InChI=1S/C16H25N3O2/c1-20-14-7-6-13(12-15(14)21-2)8-9-18-16(17)19-10-4-3-5-11-19/h6-7,12H,3-5,8-11H2,1-2H3,(H2,17,18). The number of guanidine groups is 1. The third kappa shape index (κ3) is 4.28. The lowest BCUT2D eigenvalue weighted by molar-refractivity contribution is 0.338. The predicted octanol–water partition coefficient (Wildman–Crippen LogP) is 2.05. The van der Waals surface area contributed by atoms with Gasteiger partial charge in [-0.05, 0) is 43.4 Å². The number of methoxy groups -OCH3 is 2. The first-order chi connectivity index (χ1) is 10.2. The molecule has 1 heterocycles. The maximum absolute atomic E-state index is 6.05. The summed E-state index contributed by atoms with van der Waals surface area (Å²) in [5.74, 6) is 2.18. The van der Waals surface area contributed by atoms with E-state index in [1.165, 1.54) is 24.8 Å². The molecule has 0 spiro atoms. The molecule has 0 aliphatic carbocycles. The first-order valence-electron chi connectivity index (χ1n) is 7.50. The molecule has 0 aromatic heterocycles. The van der Waals surface area contributed by atoms with Crippen molar-refractivity contribution >= 4 is 5.96 Å². The third-order valence-electron chi connectivity index (χ3n) is 3.80. The first-order valence-corrected chi connectivity index (χ1v) is 7.50. The zero-order valence-corrected chi connectivity index (χ0v) is 13.0. The molecule has 0 amide bonds. The van der Waals surface area contributed by atoms with Crippen molar-refractivity contribution in [3.8, 4) is 11.5 Å². The van der Waals surface area contributed by atoms with Crippen LogP contribution in [0.5, 0.6) is 11.5 Å². The van der Waals surface area contributed by atoms with Crippen molar-refractivity contribution in [3.63, 3.8) is 0 Å². The number of piperidine rings is 1. The highest BCUT2D eigenvalue weighted by Gasteiger charge is 2.11. The summed E-state index contributed by atoms with van der Waals surface area (Å²) in [6.45, 7) is 2.76. The van der Waals surface area contributed by atoms with Gasteiger partial charge in [0, 0.05) is 19.6 Å². The van der Waals surface area contributed by atoms with Gasteiger partial charge in [0.25, 0.3) is 0 Å².